The molecular formula is C5H11BaO8P. The Labute approximate surface area is 126 Å². The van der Waals surface area contributed by atoms with Crippen LogP contribution in [0.3, 0.4) is 0 Å². The third-order valence-electron chi connectivity index (χ3n) is 1.30. The molecule has 0 heterocycles. The number of carbonyl (C=O) groups is 1. The number of aliphatic hydroxyl groups excluding tert-OH is 3. The van der Waals surface area contributed by atoms with Gasteiger partial charge in [0.15, 0.2) is 6.29 Å². The Kier molecular flexibility index (Phi) is 10.3. The molecule has 0 aromatic rings. The minimum Gasteiger partial charge on any atom is -0.388 e. The molecule has 15 heavy (non-hydrogen) atoms. The molecule has 0 fully saturated rings. The van der Waals surface area contributed by atoms with Crippen molar-refractivity contribution in [3.05, 3.63) is 0 Å². The molecule has 0 rings (SSSR count). The third-order valence-corrected chi connectivity index (χ3v) is 1.78. The topological polar surface area (TPSA) is 145 Å². The van der Waals surface area contributed by atoms with Crippen molar-refractivity contribution in [3.8, 4) is 0 Å². The zero-order valence-corrected chi connectivity index (χ0v) is 13.0. The van der Waals surface area contributed by atoms with Crippen LogP contribution in [-0.2, 0) is 13.9 Å². The Balaban J connectivity index is 0. The summed E-state index contributed by atoms with van der Waals surface area (Å²) in [5.41, 5.74) is 0. The van der Waals surface area contributed by atoms with Gasteiger partial charge in [-0.05, 0) is 0 Å². The number of hydrogen-bond acceptors (Lipinski definition) is 6. The predicted molar refractivity (Wildman–Crippen MR) is 47.8 cm³/mol. The molecular weight excluding hydrogens is 356 g/mol. The molecule has 86 valence electrons. The number of phosphoric ester groups is 1. The first-order valence-corrected chi connectivity index (χ1v) is 5.00. The van der Waals surface area contributed by atoms with E-state index in [1.807, 2.05) is 0 Å². The summed E-state index contributed by atoms with van der Waals surface area (Å²) in [7, 11) is -4.74. The Hall–Kier alpha value is 1.23. The molecule has 2 radical (unpaired) electrons. The number of hydrogen-bond donors (Lipinski definition) is 5. The van der Waals surface area contributed by atoms with Crippen LogP contribution < -0.4 is 0 Å². The van der Waals surface area contributed by atoms with Crippen LogP contribution in [0.5, 0.6) is 0 Å². The molecule has 3 atom stereocenters. The molecule has 0 aliphatic heterocycles. The van der Waals surface area contributed by atoms with E-state index < -0.39 is 32.7 Å². The number of aliphatic hydroxyl groups is 3. The maximum Gasteiger partial charge on any atom is 0.469 e. The number of phosphoric acid groups is 1. The molecule has 0 aromatic carbocycles. The van der Waals surface area contributed by atoms with E-state index in [0.29, 0.717) is 0 Å². The van der Waals surface area contributed by atoms with Crippen LogP contribution in [-0.4, -0.2) is 105 Å². The second-order valence-corrected chi connectivity index (χ2v) is 3.71. The summed E-state index contributed by atoms with van der Waals surface area (Å²) < 4.78 is 14.0. The fourth-order valence-electron chi connectivity index (χ4n) is 0.580. The molecule has 0 saturated heterocycles. The third kappa shape index (κ3) is 8.98. The van der Waals surface area contributed by atoms with Crippen molar-refractivity contribution in [2.45, 2.75) is 18.3 Å². The van der Waals surface area contributed by atoms with E-state index in [1.165, 1.54) is 0 Å². The molecule has 0 bridgehead atoms. The van der Waals surface area contributed by atoms with Crippen LogP contribution in [0.15, 0.2) is 0 Å². The van der Waals surface area contributed by atoms with E-state index >= 15 is 0 Å². The molecule has 0 aromatic heterocycles. The van der Waals surface area contributed by atoms with Crippen molar-refractivity contribution >= 4 is 63.0 Å². The fourth-order valence-corrected chi connectivity index (χ4v) is 0.927. The molecule has 3 unspecified atom stereocenters. The number of aldehydes is 1. The van der Waals surface area contributed by atoms with Gasteiger partial charge in [-0.15, -0.1) is 0 Å². The Morgan fingerprint density at radius 3 is 2.07 bits per heavy atom. The van der Waals surface area contributed by atoms with Gasteiger partial charge < -0.3 is 29.9 Å². The summed E-state index contributed by atoms with van der Waals surface area (Å²) >= 11 is 0. The number of carbonyl (C=O) groups excluding carboxylic acids is 1. The van der Waals surface area contributed by atoms with Gasteiger partial charge in [0.2, 0.25) is 0 Å². The predicted octanol–water partition coefficient (Wildman–Crippen LogP) is -3.00. The van der Waals surface area contributed by atoms with Crippen LogP contribution >= 0.6 is 7.82 Å². The molecule has 0 aliphatic carbocycles. The van der Waals surface area contributed by atoms with Crippen molar-refractivity contribution in [1.29, 1.82) is 0 Å². The zero-order valence-electron chi connectivity index (χ0n) is 7.63. The monoisotopic (exact) mass is 368 g/mol. The molecule has 0 amide bonds. The van der Waals surface area contributed by atoms with Gasteiger partial charge in [0.1, 0.15) is 18.3 Å². The second kappa shape index (κ2) is 8.34. The summed E-state index contributed by atoms with van der Waals surface area (Å²) in [5, 5.41) is 26.6. The van der Waals surface area contributed by atoms with Crippen LogP contribution in [0, 0.1) is 0 Å². The summed E-state index contributed by atoms with van der Waals surface area (Å²) in [6.07, 6.45) is -5.46. The van der Waals surface area contributed by atoms with Crippen LogP contribution in [0.4, 0.5) is 0 Å². The molecule has 8 nitrogen and oxygen atoms in total. The second-order valence-electron chi connectivity index (χ2n) is 2.47. The van der Waals surface area contributed by atoms with Gasteiger partial charge in [0.25, 0.3) is 0 Å². The minimum atomic E-state index is -4.74. The standard InChI is InChI=1S/C5H11O8P.Ba/c6-1-3(7)5(9)4(8)2-13-14(10,11)12;/h1,3-5,7-9H,2H2,(H2,10,11,12);. The first kappa shape index (κ1) is 18.6. The molecule has 0 saturated carbocycles. The smallest absolute Gasteiger partial charge is 0.388 e. The molecule has 5 N–H and O–H groups in total. The Bertz CT molecular complexity index is 229. The summed E-state index contributed by atoms with van der Waals surface area (Å²) in [6.45, 7) is -0.893. The molecule has 0 aliphatic rings. The number of rotatable bonds is 6. The average Bonchev–Trinajstić information content (AvgIpc) is 2.10. The van der Waals surface area contributed by atoms with Gasteiger partial charge in [-0.2, -0.15) is 0 Å². The summed E-state index contributed by atoms with van der Waals surface area (Å²) in [6, 6.07) is 0. The van der Waals surface area contributed by atoms with Crippen LogP contribution in [0.1, 0.15) is 0 Å². The van der Waals surface area contributed by atoms with Crippen molar-refractivity contribution in [2.24, 2.45) is 0 Å². The van der Waals surface area contributed by atoms with E-state index in [9.17, 15) is 9.36 Å². The van der Waals surface area contributed by atoms with Gasteiger partial charge in [0.05, 0.1) is 6.61 Å². The zero-order chi connectivity index (χ0) is 11.4. The first-order valence-electron chi connectivity index (χ1n) is 3.47. The Morgan fingerprint density at radius 2 is 1.73 bits per heavy atom. The largest absolute Gasteiger partial charge is 0.469 e. The van der Waals surface area contributed by atoms with Gasteiger partial charge in [-0.1, -0.05) is 0 Å². The first-order chi connectivity index (χ1) is 6.28. The van der Waals surface area contributed by atoms with Gasteiger partial charge in [-0.3, -0.25) is 4.52 Å². The molecule has 10 heteroatoms. The Morgan fingerprint density at radius 1 is 1.27 bits per heavy atom. The SMILES string of the molecule is O=CC(O)C(O)C(O)COP(=O)(O)O.[Ba]. The fraction of sp³-hybridized carbons (Fsp3) is 0.800. The average molecular weight is 367 g/mol. The van der Waals surface area contributed by atoms with Crippen molar-refractivity contribution in [2.75, 3.05) is 6.61 Å². The van der Waals surface area contributed by atoms with Crippen molar-refractivity contribution in [1.82, 2.24) is 0 Å². The van der Waals surface area contributed by atoms with E-state index in [4.69, 9.17) is 25.1 Å². The van der Waals surface area contributed by atoms with E-state index in [-0.39, 0.29) is 55.2 Å². The van der Waals surface area contributed by atoms with Gasteiger partial charge in [0, 0.05) is 48.9 Å². The molecule has 0 spiro atoms. The summed E-state index contributed by atoms with van der Waals surface area (Å²) in [5.74, 6) is 0. The van der Waals surface area contributed by atoms with Gasteiger partial charge >= 0.3 is 7.82 Å². The van der Waals surface area contributed by atoms with Crippen molar-refractivity contribution in [3.63, 3.8) is 0 Å². The van der Waals surface area contributed by atoms with Gasteiger partial charge in [-0.25, -0.2) is 4.57 Å². The van der Waals surface area contributed by atoms with E-state index in [0.717, 1.165) is 0 Å². The van der Waals surface area contributed by atoms with E-state index in [1.54, 1.807) is 0 Å². The maximum atomic E-state index is 10.1. The minimum absolute atomic E-state index is 0. The van der Waals surface area contributed by atoms with Crippen molar-refractivity contribution < 1.29 is 39.0 Å². The van der Waals surface area contributed by atoms with E-state index in [2.05, 4.69) is 4.52 Å². The van der Waals surface area contributed by atoms with Crippen LogP contribution in [0.25, 0.3) is 0 Å². The quantitative estimate of drug-likeness (QED) is 0.190. The summed E-state index contributed by atoms with van der Waals surface area (Å²) in [4.78, 5) is 26.4. The normalized spacial score (nSPS) is 17.4. The van der Waals surface area contributed by atoms with Crippen LogP contribution in [0.2, 0.25) is 0 Å². The maximum absolute atomic E-state index is 10.1.